The zero-order valence-electron chi connectivity index (χ0n) is 15.6. The SMILES string of the molecule is CN=C(NCc1sc(C)nc1C)NC1CCN(c2cccc(F)c2)CC1. The molecule has 0 amide bonds. The number of halogens is 1. The van der Waals surface area contributed by atoms with Gasteiger partial charge in [0, 0.05) is 36.7 Å². The van der Waals surface area contributed by atoms with Gasteiger partial charge in [-0.05, 0) is 44.9 Å². The first kappa shape index (κ1) is 18.6. The lowest BCUT2D eigenvalue weighted by molar-refractivity contribution is 0.461. The third kappa shape index (κ3) is 4.72. The summed E-state index contributed by atoms with van der Waals surface area (Å²) in [5.41, 5.74) is 2.04. The van der Waals surface area contributed by atoms with E-state index in [1.165, 1.54) is 10.9 Å². The number of piperidine rings is 1. The van der Waals surface area contributed by atoms with Crippen LogP contribution in [0.15, 0.2) is 29.3 Å². The molecular formula is C19H26FN5S. The summed E-state index contributed by atoms with van der Waals surface area (Å²) in [5.74, 6) is 0.639. The Kier molecular flexibility index (Phi) is 6.08. The predicted octanol–water partition coefficient (Wildman–Crippen LogP) is 3.23. The number of hydrogen-bond acceptors (Lipinski definition) is 4. The summed E-state index contributed by atoms with van der Waals surface area (Å²) in [6.45, 7) is 6.62. The molecule has 5 nitrogen and oxygen atoms in total. The van der Waals surface area contributed by atoms with Crippen LogP contribution in [0.2, 0.25) is 0 Å². The van der Waals surface area contributed by atoms with Crippen molar-refractivity contribution in [3.05, 3.63) is 45.7 Å². The van der Waals surface area contributed by atoms with E-state index < -0.39 is 0 Å². The maximum atomic E-state index is 13.4. The van der Waals surface area contributed by atoms with E-state index in [0.29, 0.717) is 6.04 Å². The summed E-state index contributed by atoms with van der Waals surface area (Å²) in [7, 11) is 1.79. The van der Waals surface area contributed by atoms with Crippen LogP contribution in [0.5, 0.6) is 0 Å². The lowest BCUT2D eigenvalue weighted by Gasteiger charge is -2.34. The maximum absolute atomic E-state index is 13.4. The number of rotatable bonds is 4. The van der Waals surface area contributed by atoms with Crippen LogP contribution in [-0.2, 0) is 6.54 Å². The van der Waals surface area contributed by atoms with Gasteiger partial charge in [-0.15, -0.1) is 11.3 Å². The van der Waals surface area contributed by atoms with E-state index in [9.17, 15) is 4.39 Å². The summed E-state index contributed by atoms with van der Waals surface area (Å²) in [6, 6.07) is 7.20. The second-order valence-electron chi connectivity index (χ2n) is 6.55. The van der Waals surface area contributed by atoms with Gasteiger partial charge in [-0.25, -0.2) is 9.37 Å². The summed E-state index contributed by atoms with van der Waals surface area (Å²) in [6.07, 6.45) is 1.99. The normalized spacial score (nSPS) is 16.0. The van der Waals surface area contributed by atoms with Crippen molar-refractivity contribution in [1.29, 1.82) is 0 Å². The van der Waals surface area contributed by atoms with Crippen LogP contribution in [0, 0.1) is 19.7 Å². The fraction of sp³-hybridized carbons (Fsp3) is 0.474. The average Bonchev–Trinajstić information content (AvgIpc) is 2.96. The number of anilines is 1. The lowest BCUT2D eigenvalue weighted by Crippen LogP contribution is -2.48. The summed E-state index contributed by atoms with van der Waals surface area (Å²) in [5, 5.41) is 7.98. The number of aryl methyl sites for hydroxylation is 2. The molecule has 1 aliphatic rings. The van der Waals surface area contributed by atoms with Gasteiger partial charge in [0.25, 0.3) is 0 Å². The van der Waals surface area contributed by atoms with Crippen LogP contribution in [-0.4, -0.2) is 37.1 Å². The summed E-state index contributed by atoms with van der Waals surface area (Å²) < 4.78 is 13.4. The molecule has 140 valence electrons. The molecule has 1 fully saturated rings. The third-order valence-corrected chi connectivity index (χ3v) is 5.72. The molecule has 1 aromatic carbocycles. The zero-order chi connectivity index (χ0) is 18.5. The van der Waals surface area contributed by atoms with Crippen molar-refractivity contribution in [2.45, 2.75) is 39.3 Å². The first-order chi connectivity index (χ1) is 12.5. The van der Waals surface area contributed by atoms with E-state index in [1.54, 1.807) is 30.5 Å². The molecule has 7 heteroatoms. The Morgan fingerprint density at radius 3 is 2.73 bits per heavy atom. The molecule has 26 heavy (non-hydrogen) atoms. The topological polar surface area (TPSA) is 52.6 Å². The molecule has 0 bridgehead atoms. The van der Waals surface area contributed by atoms with Crippen LogP contribution < -0.4 is 15.5 Å². The van der Waals surface area contributed by atoms with E-state index in [-0.39, 0.29) is 5.82 Å². The number of aromatic nitrogens is 1. The number of nitrogens with one attached hydrogen (secondary N) is 2. The smallest absolute Gasteiger partial charge is 0.191 e. The summed E-state index contributed by atoms with van der Waals surface area (Å²) in [4.78, 5) is 12.3. The summed E-state index contributed by atoms with van der Waals surface area (Å²) >= 11 is 1.72. The maximum Gasteiger partial charge on any atom is 0.191 e. The van der Waals surface area contributed by atoms with Gasteiger partial charge >= 0.3 is 0 Å². The highest BCUT2D eigenvalue weighted by atomic mass is 32.1. The minimum atomic E-state index is -0.180. The van der Waals surface area contributed by atoms with E-state index in [4.69, 9.17) is 0 Å². The van der Waals surface area contributed by atoms with E-state index in [1.807, 2.05) is 19.9 Å². The number of thiazole rings is 1. The Balaban J connectivity index is 1.49. The van der Waals surface area contributed by atoms with Crippen molar-refractivity contribution in [3.8, 4) is 0 Å². The first-order valence-electron chi connectivity index (χ1n) is 8.95. The molecule has 2 aromatic rings. The molecule has 1 aromatic heterocycles. The van der Waals surface area contributed by atoms with Gasteiger partial charge in [-0.3, -0.25) is 4.99 Å². The first-order valence-corrected chi connectivity index (χ1v) is 9.77. The van der Waals surface area contributed by atoms with Gasteiger partial charge in [-0.2, -0.15) is 0 Å². The van der Waals surface area contributed by atoms with E-state index in [2.05, 4.69) is 25.5 Å². The van der Waals surface area contributed by atoms with Gasteiger partial charge in [0.15, 0.2) is 5.96 Å². The van der Waals surface area contributed by atoms with E-state index in [0.717, 1.165) is 54.8 Å². The Morgan fingerprint density at radius 1 is 1.35 bits per heavy atom. The van der Waals surface area contributed by atoms with Crippen molar-refractivity contribution in [1.82, 2.24) is 15.6 Å². The fourth-order valence-electron chi connectivity index (χ4n) is 3.24. The molecule has 3 rings (SSSR count). The molecule has 2 N–H and O–H groups in total. The van der Waals surface area contributed by atoms with Gasteiger partial charge in [-0.1, -0.05) is 6.07 Å². The number of guanidine groups is 1. The second-order valence-corrected chi connectivity index (χ2v) is 7.84. The Labute approximate surface area is 158 Å². The Morgan fingerprint density at radius 2 is 2.12 bits per heavy atom. The van der Waals surface area contributed by atoms with Crippen LogP contribution in [0.4, 0.5) is 10.1 Å². The standard InChI is InChI=1S/C19H26FN5S/c1-13-18(26-14(2)23-13)12-22-19(21-3)24-16-7-9-25(10-8-16)17-6-4-5-15(20)11-17/h4-6,11,16H,7-10,12H2,1-3H3,(H2,21,22,24). The molecule has 0 atom stereocenters. The van der Waals surface area contributed by atoms with Gasteiger partial charge in [0.2, 0.25) is 0 Å². The van der Waals surface area contributed by atoms with Crippen molar-refractivity contribution in [2.75, 3.05) is 25.0 Å². The molecule has 1 saturated heterocycles. The zero-order valence-corrected chi connectivity index (χ0v) is 16.4. The minimum Gasteiger partial charge on any atom is -0.371 e. The van der Waals surface area contributed by atoms with Crippen molar-refractivity contribution in [3.63, 3.8) is 0 Å². The van der Waals surface area contributed by atoms with Crippen molar-refractivity contribution < 1.29 is 4.39 Å². The highest BCUT2D eigenvalue weighted by Gasteiger charge is 2.20. The van der Waals surface area contributed by atoms with Crippen LogP contribution >= 0.6 is 11.3 Å². The van der Waals surface area contributed by atoms with Crippen LogP contribution in [0.25, 0.3) is 0 Å². The molecule has 2 heterocycles. The molecule has 0 unspecified atom stereocenters. The molecule has 0 saturated carbocycles. The highest BCUT2D eigenvalue weighted by molar-refractivity contribution is 7.11. The minimum absolute atomic E-state index is 0.180. The number of hydrogen-bond donors (Lipinski definition) is 2. The second kappa shape index (κ2) is 8.49. The number of benzene rings is 1. The Bertz CT molecular complexity index is 765. The number of nitrogens with zero attached hydrogens (tertiary/aromatic N) is 3. The molecular weight excluding hydrogens is 349 g/mol. The average molecular weight is 376 g/mol. The molecule has 1 aliphatic heterocycles. The largest absolute Gasteiger partial charge is 0.371 e. The predicted molar refractivity (Wildman–Crippen MR) is 107 cm³/mol. The highest BCUT2D eigenvalue weighted by Crippen LogP contribution is 2.21. The van der Waals surface area contributed by atoms with Gasteiger partial charge in [0.1, 0.15) is 5.82 Å². The van der Waals surface area contributed by atoms with Crippen molar-refractivity contribution >= 4 is 23.0 Å². The quantitative estimate of drug-likeness (QED) is 0.636. The van der Waals surface area contributed by atoms with Crippen molar-refractivity contribution in [2.24, 2.45) is 4.99 Å². The monoisotopic (exact) mass is 375 g/mol. The number of aliphatic imine (C=N–C) groups is 1. The third-order valence-electron chi connectivity index (χ3n) is 4.65. The van der Waals surface area contributed by atoms with Crippen LogP contribution in [0.3, 0.4) is 0 Å². The lowest BCUT2D eigenvalue weighted by atomic mass is 10.0. The Hall–Kier alpha value is -2.15. The molecule has 0 spiro atoms. The van der Waals surface area contributed by atoms with Crippen LogP contribution in [0.1, 0.15) is 28.4 Å². The van der Waals surface area contributed by atoms with Gasteiger partial charge in [0.05, 0.1) is 17.2 Å². The van der Waals surface area contributed by atoms with Gasteiger partial charge < -0.3 is 15.5 Å². The molecule has 0 aliphatic carbocycles. The fourth-order valence-corrected chi connectivity index (χ4v) is 4.12. The molecule has 0 radical (unpaired) electrons. The van der Waals surface area contributed by atoms with E-state index >= 15 is 0 Å².